The Morgan fingerprint density at radius 2 is 1.68 bits per heavy atom. The zero-order chi connectivity index (χ0) is 27.3. The number of carbonyl (C=O) groups is 1. The summed E-state index contributed by atoms with van der Waals surface area (Å²) in [4.78, 5) is 30.0. The second-order valence-electron chi connectivity index (χ2n) is 10.6. The summed E-state index contributed by atoms with van der Waals surface area (Å²) in [6.45, 7) is 4.40. The fraction of sp³-hybridized carbons (Fsp3) is 0.312. The van der Waals surface area contributed by atoms with Gasteiger partial charge in [-0.05, 0) is 60.6 Å². The summed E-state index contributed by atoms with van der Waals surface area (Å²) in [5, 5.41) is 6.05. The maximum absolute atomic E-state index is 11.4. The van der Waals surface area contributed by atoms with E-state index >= 15 is 0 Å². The molecule has 2 aliphatic heterocycles. The van der Waals surface area contributed by atoms with Crippen LogP contribution in [-0.2, 0) is 17.6 Å². The Labute approximate surface area is 235 Å². The van der Waals surface area contributed by atoms with Crippen LogP contribution in [0.1, 0.15) is 42.5 Å². The van der Waals surface area contributed by atoms with Gasteiger partial charge < -0.3 is 15.5 Å². The summed E-state index contributed by atoms with van der Waals surface area (Å²) in [7, 11) is 0. The van der Waals surface area contributed by atoms with E-state index in [1.807, 2.05) is 24.3 Å². The highest BCUT2D eigenvalue weighted by Gasteiger charge is 2.34. The van der Waals surface area contributed by atoms with E-state index in [4.69, 9.17) is 4.98 Å². The number of anilines is 4. The van der Waals surface area contributed by atoms with Crippen molar-refractivity contribution in [3.63, 3.8) is 0 Å². The number of benzene rings is 3. The minimum Gasteiger partial charge on any atom is -0.341 e. The molecule has 0 aliphatic carbocycles. The minimum absolute atomic E-state index is 0.108. The largest absolute Gasteiger partial charge is 0.341 e. The van der Waals surface area contributed by atoms with Gasteiger partial charge in [0.2, 0.25) is 17.8 Å². The normalized spacial score (nSPS) is 17.7. The number of rotatable bonds is 7. The van der Waals surface area contributed by atoms with E-state index in [2.05, 4.69) is 85.0 Å². The number of nitrogens with zero attached hydrogens (tertiary/aromatic N) is 5. The van der Waals surface area contributed by atoms with Crippen LogP contribution in [0, 0.1) is 0 Å². The van der Waals surface area contributed by atoms with E-state index in [-0.39, 0.29) is 5.91 Å². The van der Waals surface area contributed by atoms with E-state index in [0.717, 1.165) is 56.7 Å². The number of hydrogen-bond acceptors (Lipinski definition) is 7. The number of nitrogens with one attached hydrogen (secondary N) is 2. The Balaban J connectivity index is 1.13. The van der Waals surface area contributed by atoms with Crippen molar-refractivity contribution in [3.8, 4) is 0 Å². The number of carbonyl (C=O) groups excluding carboxylic acids is 1. The van der Waals surface area contributed by atoms with Gasteiger partial charge in [0.25, 0.3) is 0 Å². The second-order valence-corrected chi connectivity index (χ2v) is 10.6. The van der Waals surface area contributed by atoms with Crippen molar-refractivity contribution in [2.75, 3.05) is 35.2 Å². The predicted octanol–water partition coefficient (Wildman–Crippen LogP) is 5.38. The Morgan fingerprint density at radius 1 is 0.900 bits per heavy atom. The van der Waals surface area contributed by atoms with Crippen LogP contribution in [0.25, 0.3) is 0 Å². The van der Waals surface area contributed by atoms with Crippen LogP contribution in [0.15, 0.2) is 85.2 Å². The van der Waals surface area contributed by atoms with E-state index in [1.165, 1.54) is 23.6 Å². The van der Waals surface area contributed by atoms with Gasteiger partial charge in [-0.15, -0.1) is 0 Å². The maximum atomic E-state index is 11.4. The molecule has 3 aromatic carbocycles. The Morgan fingerprint density at radius 3 is 2.50 bits per heavy atom. The van der Waals surface area contributed by atoms with Gasteiger partial charge in [0.05, 0.1) is 0 Å². The van der Waals surface area contributed by atoms with Crippen molar-refractivity contribution >= 4 is 29.2 Å². The molecular weight excluding hydrogens is 498 g/mol. The lowest BCUT2D eigenvalue weighted by Gasteiger charge is -2.45. The average molecular weight is 534 g/mol. The molecule has 1 amide bonds. The number of hydrogen-bond donors (Lipinski definition) is 2. The molecule has 8 nitrogen and oxygen atoms in total. The molecule has 1 atom stereocenters. The van der Waals surface area contributed by atoms with E-state index in [9.17, 15) is 4.79 Å². The second kappa shape index (κ2) is 11.8. The molecule has 0 radical (unpaired) electrons. The minimum atomic E-state index is -0.108. The third-order valence-electron chi connectivity index (χ3n) is 7.94. The van der Waals surface area contributed by atoms with Crippen LogP contribution in [0.2, 0.25) is 0 Å². The Bertz CT molecular complexity index is 1450. The molecule has 0 spiro atoms. The standard InChI is InChI=1S/C32H35N7O/c1-23(40)35-26-11-7-12-27(21-26)36-31-33-22-34-32(37-31)38-17-15-28(16-18-38)39-19-14-25-10-5-6-13-29(25)30(39)20-24-8-3-2-4-9-24/h2-13,21-22,28,30H,14-20H2,1H3,(H,35,40)(H,33,34,36,37)/t30-/m0/s1. The third kappa shape index (κ3) is 5.97. The van der Waals surface area contributed by atoms with Crippen molar-refractivity contribution in [3.05, 3.63) is 102 Å². The van der Waals surface area contributed by atoms with Gasteiger partial charge in [0.1, 0.15) is 6.33 Å². The van der Waals surface area contributed by atoms with Gasteiger partial charge in [-0.2, -0.15) is 4.98 Å². The summed E-state index contributed by atoms with van der Waals surface area (Å²) >= 11 is 0. The summed E-state index contributed by atoms with van der Waals surface area (Å²) in [6.07, 6.45) is 5.84. The first kappa shape index (κ1) is 26.0. The van der Waals surface area contributed by atoms with Gasteiger partial charge in [0, 0.05) is 50.0 Å². The number of aromatic nitrogens is 3. The van der Waals surface area contributed by atoms with Crippen molar-refractivity contribution in [1.82, 2.24) is 19.9 Å². The van der Waals surface area contributed by atoms with Gasteiger partial charge >= 0.3 is 0 Å². The third-order valence-corrected chi connectivity index (χ3v) is 7.94. The molecule has 3 heterocycles. The lowest BCUT2D eigenvalue weighted by Crippen LogP contribution is -2.49. The van der Waals surface area contributed by atoms with Crippen molar-refractivity contribution in [2.24, 2.45) is 0 Å². The van der Waals surface area contributed by atoms with Crippen LogP contribution in [0.4, 0.5) is 23.3 Å². The molecule has 4 aromatic rings. The lowest BCUT2D eigenvalue weighted by molar-refractivity contribution is -0.114. The molecule has 0 unspecified atom stereocenters. The zero-order valence-corrected chi connectivity index (χ0v) is 22.8. The zero-order valence-electron chi connectivity index (χ0n) is 22.8. The lowest BCUT2D eigenvalue weighted by atomic mass is 9.86. The first-order valence-corrected chi connectivity index (χ1v) is 14.1. The highest BCUT2D eigenvalue weighted by Crippen LogP contribution is 2.36. The van der Waals surface area contributed by atoms with Crippen molar-refractivity contribution in [2.45, 2.75) is 44.7 Å². The highest BCUT2D eigenvalue weighted by atomic mass is 16.1. The Kier molecular flexibility index (Phi) is 7.68. The monoisotopic (exact) mass is 533 g/mol. The molecule has 1 saturated heterocycles. The quantitative estimate of drug-likeness (QED) is 0.330. The van der Waals surface area contributed by atoms with E-state index in [1.54, 1.807) is 6.33 Å². The topological polar surface area (TPSA) is 86.3 Å². The predicted molar refractivity (Wildman–Crippen MR) is 159 cm³/mol. The SMILES string of the molecule is CC(=O)Nc1cccc(Nc2ncnc(N3CCC(N4CCc5ccccc5[C@@H]4Cc4ccccc4)CC3)n2)c1. The van der Waals surface area contributed by atoms with Gasteiger partial charge in [0.15, 0.2) is 0 Å². The smallest absolute Gasteiger partial charge is 0.231 e. The molecular formula is C32H35N7O. The number of fused-ring (bicyclic) bond motifs is 1. The molecule has 2 N–H and O–H groups in total. The molecule has 0 saturated carbocycles. The fourth-order valence-corrected chi connectivity index (χ4v) is 6.08. The summed E-state index contributed by atoms with van der Waals surface area (Å²) in [5.41, 5.74) is 5.89. The van der Waals surface area contributed by atoms with Gasteiger partial charge in [-0.1, -0.05) is 60.7 Å². The van der Waals surface area contributed by atoms with Crippen molar-refractivity contribution in [1.29, 1.82) is 0 Å². The molecule has 1 fully saturated rings. The molecule has 1 aromatic heterocycles. The van der Waals surface area contributed by atoms with E-state index < -0.39 is 0 Å². The maximum Gasteiger partial charge on any atom is 0.231 e. The van der Waals surface area contributed by atoms with Crippen LogP contribution in [0.5, 0.6) is 0 Å². The summed E-state index contributed by atoms with van der Waals surface area (Å²) < 4.78 is 0. The first-order valence-electron chi connectivity index (χ1n) is 14.1. The van der Waals surface area contributed by atoms with Crippen LogP contribution in [0.3, 0.4) is 0 Å². The molecule has 40 heavy (non-hydrogen) atoms. The molecule has 0 bridgehead atoms. The van der Waals surface area contributed by atoms with Gasteiger partial charge in [-0.25, -0.2) is 9.97 Å². The van der Waals surface area contributed by atoms with Crippen LogP contribution >= 0.6 is 0 Å². The van der Waals surface area contributed by atoms with Crippen molar-refractivity contribution < 1.29 is 4.79 Å². The number of amides is 1. The molecule has 204 valence electrons. The van der Waals surface area contributed by atoms with Crippen LogP contribution < -0.4 is 15.5 Å². The summed E-state index contributed by atoms with van der Waals surface area (Å²) in [5.74, 6) is 1.07. The first-order chi connectivity index (χ1) is 19.6. The molecule has 8 heteroatoms. The van der Waals surface area contributed by atoms with E-state index in [0.29, 0.717) is 24.0 Å². The number of piperidine rings is 1. The highest BCUT2D eigenvalue weighted by molar-refractivity contribution is 5.89. The molecule has 6 rings (SSSR count). The van der Waals surface area contributed by atoms with Crippen LogP contribution in [-0.4, -0.2) is 51.4 Å². The average Bonchev–Trinajstić information content (AvgIpc) is 2.98. The molecule has 2 aliphatic rings. The summed E-state index contributed by atoms with van der Waals surface area (Å²) in [6, 6.07) is 28.3. The Hall–Kier alpha value is -4.30. The van der Waals surface area contributed by atoms with Gasteiger partial charge in [-0.3, -0.25) is 9.69 Å². The fourth-order valence-electron chi connectivity index (χ4n) is 6.08.